The Morgan fingerprint density at radius 3 is 1.21 bits per heavy atom. The summed E-state index contributed by atoms with van der Waals surface area (Å²) in [7, 11) is 5.42. The van der Waals surface area contributed by atoms with Gasteiger partial charge in [0.2, 0.25) is 0 Å². The summed E-state index contributed by atoms with van der Waals surface area (Å²) in [6.07, 6.45) is 58.9. The van der Waals surface area contributed by atoms with Crippen LogP contribution in [0, 0.1) is 0 Å². The van der Waals surface area contributed by atoms with Crippen molar-refractivity contribution in [1.82, 2.24) is 0 Å². The van der Waals surface area contributed by atoms with E-state index in [1.165, 1.54) is 186 Å². The minimum absolute atomic E-state index is 0.0412. The number of carboxylic acid groups (broad SMARTS) is 1. The summed E-state index contributed by atoms with van der Waals surface area (Å²) < 4.78 is 17.3. The molecular formula is C58H107NO7. The van der Waals surface area contributed by atoms with Crippen LogP contribution in [0.25, 0.3) is 0 Å². The Bertz CT molecular complexity index is 1170. The van der Waals surface area contributed by atoms with Gasteiger partial charge < -0.3 is 28.6 Å². The van der Waals surface area contributed by atoms with Crippen LogP contribution in [0.4, 0.5) is 0 Å². The van der Waals surface area contributed by atoms with Gasteiger partial charge in [0, 0.05) is 19.3 Å². The Morgan fingerprint density at radius 1 is 0.455 bits per heavy atom. The van der Waals surface area contributed by atoms with Gasteiger partial charge in [0.05, 0.1) is 40.3 Å². The second-order valence-electron chi connectivity index (χ2n) is 20.2. The summed E-state index contributed by atoms with van der Waals surface area (Å²) in [5.41, 5.74) is 0. The number of aliphatic carboxylic acids is 1. The van der Waals surface area contributed by atoms with Crippen molar-refractivity contribution in [3.05, 3.63) is 36.5 Å². The summed E-state index contributed by atoms with van der Waals surface area (Å²) in [6.45, 7) is 4.67. The van der Waals surface area contributed by atoms with Crippen LogP contribution in [0.2, 0.25) is 0 Å². The smallest absolute Gasteiger partial charge is 0.306 e. The first-order chi connectivity index (χ1) is 32.1. The van der Waals surface area contributed by atoms with Gasteiger partial charge in [-0.25, -0.2) is 0 Å². The lowest BCUT2D eigenvalue weighted by Crippen LogP contribution is -2.55. The van der Waals surface area contributed by atoms with E-state index >= 15 is 0 Å². The van der Waals surface area contributed by atoms with Crippen molar-refractivity contribution >= 4 is 17.9 Å². The van der Waals surface area contributed by atoms with E-state index in [1.54, 1.807) is 0 Å². The van der Waals surface area contributed by atoms with Gasteiger partial charge in [-0.15, -0.1) is 0 Å². The molecule has 0 aromatic heterocycles. The zero-order valence-corrected chi connectivity index (χ0v) is 44.1. The summed E-state index contributed by atoms with van der Waals surface area (Å²) in [4.78, 5) is 37.1. The largest absolute Gasteiger partial charge is 0.544 e. The SMILES string of the molecule is CCCCC/C=C\C/C=C\CCCCCCCCCCCC(=O)OC(COCCC(C(=O)[O-])[N+](C)(C)C)COC(=O)CCCCCCCCCCCCC/C=C\CCCCCCCCCC. The zero-order chi connectivity index (χ0) is 48.4. The topological polar surface area (TPSA) is 102 Å². The molecule has 0 amide bonds. The van der Waals surface area contributed by atoms with E-state index in [0.29, 0.717) is 12.8 Å². The first-order valence-corrected chi connectivity index (χ1v) is 28.0. The van der Waals surface area contributed by atoms with Crippen molar-refractivity contribution in [2.24, 2.45) is 0 Å². The molecule has 0 N–H and O–H groups in total. The molecule has 0 aromatic rings. The second kappa shape index (κ2) is 49.0. The number of hydrogen-bond acceptors (Lipinski definition) is 7. The van der Waals surface area contributed by atoms with Gasteiger partial charge in [0.25, 0.3) is 0 Å². The van der Waals surface area contributed by atoms with Crippen LogP contribution in [0.15, 0.2) is 36.5 Å². The van der Waals surface area contributed by atoms with Crippen LogP contribution < -0.4 is 5.11 Å². The van der Waals surface area contributed by atoms with Crippen LogP contribution in [-0.4, -0.2) is 75.5 Å². The molecule has 0 fully saturated rings. The quantitative estimate of drug-likeness (QED) is 0.0259. The number of hydrogen-bond donors (Lipinski definition) is 0. The Hall–Kier alpha value is -2.45. The number of allylic oxidation sites excluding steroid dienone is 6. The molecule has 0 saturated heterocycles. The highest BCUT2D eigenvalue weighted by Crippen LogP contribution is 2.16. The lowest BCUT2D eigenvalue weighted by Gasteiger charge is -2.34. The Balaban J connectivity index is 4.17. The maximum Gasteiger partial charge on any atom is 0.306 e. The lowest BCUT2D eigenvalue weighted by atomic mass is 10.0. The third kappa shape index (κ3) is 46.7. The van der Waals surface area contributed by atoms with Gasteiger partial charge in [-0.05, 0) is 70.6 Å². The molecule has 0 aliphatic heterocycles. The van der Waals surface area contributed by atoms with E-state index in [-0.39, 0.29) is 42.7 Å². The molecule has 0 radical (unpaired) electrons. The first-order valence-electron chi connectivity index (χ1n) is 28.0. The number of carboxylic acids is 1. The number of likely N-dealkylation sites (N-methyl/N-ethyl adjacent to an activating group) is 1. The lowest BCUT2D eigenvalue weighted by molar-refractivity contribution is -0.889. The Labute approximate surface area is 408 Å². The molecule has 0 heterocycles. The van der Waals surface area contributed by atoms with E-state index in [4.69, 9.17) is 14.2 Å². The third-order valence-corrected chi connectivity index (χ3v) is 12.7. The van der Waals surface area contributed by atoms with E-state index in [0.717, 1.165) is 44.9 Å². The van der Waals surface area contributed by atoms with Crippen LogP contribution in [-0.2, 0) is 28.6 Å². The molecule has 386 valence electrons. The van der Waals surface area contributed by atoms with Crippen molar-refractivity contribution in [2.75, 3.05) is 41.0 Å². The molecule has 8 nitrogen and oxygen atoms in total. The van der Waals surface area contributed by atoms with Crippen molar-refractivity contribution in [3.63, 3.8) is 0 Å². The minimum atomic E-state index is -1.12. The Kier molecular flexibility index (Phi) is 47.2. The van der Waals surface area contributed by atoms with E-state index in [9.17, 15) is 19.5 Å². The van der Waals surface area contributed by atoms with Crippen molar-refractivity contribution in [3.8, 4) is 0 Å². The number of nitrogens with zero attached hydrogens (tertiary/aromatic N) is 1. The molecule has 2 atom stereocenters. The maximum atomic E-state index is 12.8. The van der Waals surface area contributed by atoms with Crippen LogP contribution in [0.1, 0.15) is 264 Å². The van der Waals surface area contributed by atoms with Gasteiger partial charge in [0.15, 0.2) is 6.10 Å². The highest BCUT2D eigenvalue weighted by molar-refractivity contribution is 5.70. The highest BCUT2D eigenvalue weighted by atomic mass is 16.6. The van der Waals surface area contributed by atoms with Crippen molar-refractivity contribution in [1.29, 1.82) is 0 Å². The van der Waals surface area contributed by atoms with E-state index in [2.05, 4.69) is 50.3 Å². The summed E-state index contributed by atoms with van der Waals surface area (Å²) in [5, 5.41) is 11.7. The molecule has 0 bridgehead atoms. The third-order valence-electron chi connectivity index (χ3n) is 12.7. The molecule has 0 aliphatic rings. The molecule has 0 saturated carbocycles. The van der Waals surface area contributed by atoms with Gasteiger partial charge >= 0.3 is 11.9 Å². The number of rotatable bonds is 51. The monoisotopic (exact) mass is 930 g/mol. The normalized spacial score (nSPS) is 13.0. The van der Waals surface area contributed by atoms with Gasteiger partial charge in [-0.3, -0.25) is 9.59 Å². The molecule has 0 spiro atoms. The van der Waals surface area contributed by atoms with E-state index < -0.39 is 18.1 Å². The Morgan fingerprint density at radius 2 is 0.803 bits per heavy atom. The maximum absolute atomic E-state index is 12.8. The van der Waals surface area contributed by atoms with Gasteiger partial charge in [0.1, 0.15) is 12.6 Å². The first kappa shape index (κ1) is 63.5. The fourth-order valence-corrected chi connectivity index (χ4v) is 8.39. The van der Waals surface area contributed by atoms with Crippen LogP contribution >= 0.6 is 0 Å². The van der Waals surface area contributed by atoms with Crippen molar-refractivity contribution in [2.45, 2.75) is 276 Å². The average molecular weight is 930 g/mol. The number of ether oxygens (including phenoxy) is 3. The van der Waals surface area contributed by atoms with Crippen molar-refractivity contribution < 1.29 is 38.2 Å². The standard InChI is InChI=1S/C58H107NO7/c1-6-8-10-12-14-16-18-20-22-24-26-27-28-29-31-32-34-36-38-40-42-44-46-48-56(60)65-53-54(52-64-51-50-55(58(62)63)59(3,4)5)66-57(61)49-47-45-43-41-39-37-35-33-30-25-23-21-19-17-15-13-11-9-7-2/h15,17,21,23-24,26,54-55H,6-14,16,18-20,22,25,27-53H2,1-5H3/b17-15-,23-21-,26-24-. The molecule has 2 unspecified atom stereocenters. The van der Waals surface area contributed by atoms with Gasteiger partial charge in [-0.1, -0.05) is 211 Å². The number of carbonyl (C=O) groups excluding carboxylic acids is 3. The molecule has 0 aliphatic carbocycles. The predicted molar refractivity (Wildman–Crippen MR) is 277 cm³/mol. The minimum Gasteiger partial charge on any atom is -0.544 e. The predicted octanol–water partition coefficient (Wildman–Crippen LogP) is 15.2. The number of esters is 2. The average Bonchev–Trinajstić information content (AvgIpc) is 3.28. The molecule has 8 heteroatoms. The van der Waals surface area contributed by atoms with E-state index in [1.807, 2.05) is 21.1 Å². The highest BCUT2D eigenvalue weighted by Gasteiger charge is 2.25. The zero-order valence-electron chi connectivity index (χ0n) is 44.1. The molecule has 66 heavy (non-hydrogen) atoms. The molecule has 0 rings (SSSR count). The number of unbranched alkanes of at least 4 members (excludes halogenated alkanes) is 31. The van der Waals surface area contributed by atoms with Gasteiger partial charge in [-0.2, -0.15) is 0 Å². The number of quaternary nitrogens is 1. The summed E-state index contributed by atoms with van der Waals surface area (Å²) in [5.74, 6) is -1.73. The van der Waals surface area contributed by atoms with Crippen LogP contribution in [0.5, 0.6) is 0 Å². The summed E-state index contributed by atoms with van der Waals surface area (Å²) in [6, 6.07) is -0.727. The van der Waals surface area contributed by atoms with Crippen LogP contribution in [0.3, 0.4) is 0 Å². The molecular weight excluding hydrogens is 823 g/mol. The second-order valence-corrected chi connectivity index (χ2v) is 20.2. The fourth-order valence-electron chi connectivity index (χ4n) is 8.39. The number of carbonyl (C=O) groups is 3. The summed E-state index contributed by atoms with van der Waals surface area (Å²) >= 11 is 0. The fraction of sp³-hybridized carbons (Fsp3) is 0.845. The molecule has 0 aromatic carbocycles.